The first-order valence-electron chi connectivity index (χ1n) is 9.00. The van der Waals surface area contributed by atoms with Crippen molar-refractivity contribution in [2.75, 3.05) is 5.32 Å². The van der Waals surface area contributed by atoms with E-state index in [-0.39, 0.29) is 25.2 Å². The number of amidine groups is 2. The topological polar surface area (TPSA) is 158 Å². The number of aliphatic carboxylic acids is 1. The van der Waals surface area contributed by atoms with Crippen LogP contribution in [-0.4, -0.2) is 44.9 Å². The number of carboxylic acid groups (broad SMARTS) is 1. The molecule has 0 radical (unpaired) electrons. The number of anilines is 1. The van der Waals surface area contributed by atoms with Crippen molar-refractivity contribution in [2.45, 2.75) is 26.2 Å². The third kappa shape index (κ3) is 7.11. The number of carbonyl (C=O) groups excluding carboxylic acids is 2. The van der Waals surface area contributed by atoms with E-state index >= 15 is 0 Å². The van der Waals surface area contributed by atoms with Crippen molar-refractivity contribution in [2.24, 2.45) is 10.2 Å². The van der Waals surface area contributed by atoms with Gasteiger partial charge in [-0.3, -0.25) is 30.4 Å². The highest BCUT2D eigenvalue weighted by atomic mass is 16.4. The highest BCUT2D eigenvalue weighted by Gasteiger charge is 2.13. The van der Waals surface area contributed by atoms with Gasteiger partial charge in [-0.15, -0.1) is 0 Å². The normalized spacial score (nSPS) is 12.0. The standard InChI is InChI=1S/C17H17N7O3.C2H4O/c25-14(5-3-6-15(26)27)20-11-7-8-13(19-10-11)17-23-21-16(22-24-17)12-4-1-2-9-18-12;1-2-3/h1-2,4,7-10H,3,5-6H2,(H,20,25)(H,21,22)(H,23,24)(H,26,27);2H,1H3. The van der Waals surface area contributed by atoms with Crippen LogP contribution in [0.2, 0.25) is 0 Å². The van der Waals surface area contributed by atoms with Crippen LogP contribution in [0.3, 0.4) is 0 Å². The van der Waals surface area contributed by atoms with Crippen LogP contribution < -0.4 is 16.2 Å². The number of rotatable bonds is 7. The molecular weight excluding hydrogens is 390 g/mol. The van der Waals surface area contributed by atoms with E-state index in [4.69, 9.17) is 9.90 Å². The second-order valence-electron chi connectivity index (χ2n) is 5.82. The fraction of sp³-hybridized carbons (Fsp3) is 0.211. The maximum absolute atomic E-state index is 11.7. The van der Waals surface area contributed by atoms with Crippen LogP contribution in [0.15, 0.2) is 52.9 Å². The second kappa shape index (κ2) is 11.6. The van der Waals surface area contributed by atoms with Gasteiger partial charge in [0.2, 0.25) is 5.91 Å². The molecule has 30 heavy (non-hydrogen) atoms. The van der Waals surface area contributed by atoms with E-state index in [1.807, 2.05) is 12.1 Å². The minimum absolute atomic E-state index is 0.0376. The molecular formula is C19H21N7O4. The highest BCUT2D eigenvalue weighted by molar-refractivity contribution is 6.04. The van der Waals surface area contributed by atoms with Gasteiger partial charge < -0.3 is 15.2 Å². The summed E-state index contributed by atoms with van der Waals surface area (Å²) < 4.78 is 0. The van der Waals surface area contributed by atoms with E-state index in [9.17, 15) is 9.59 Å². The number of nitrogens with zero attached hydrogens (tertiary/aromatic N) is 4. The molecule has 0 saturated carbocycles. The summed E-state index contributed by atoms with van der Waals surface area (Å²) in [6.07, 6.45) is 4.29. The molecule has 0 atom stereocenters. The van der Waals surface area contributed by atoms with E-state index in [2.05, 4.69) is 36.3 Å². The Morgan fingerprint density at radius 1 is 1.03 bits per heavy atom. The van der Waals surface area contributed by atoms with Gasteiger partial charge in [0.15, 0.2) is 11.7 Å². The number of aromatic nitrogens is 2. The molecule has 156 valence electrons. The van der Waals surface area contributed by atoms with Gasteiger partial charge in [0.05, 0.1) is 11.9 Å². The molecule has 0 bridgehead atoms. The minimum atomic E-state index is -0.919. The summed E-state index contributed by atoms with van der Waals surface area (Å²) >= 11 is 0. The van der Waals surface area contributed by atoms with Crippen LogP contribution in [0.4, 0.5) is 5.69 Å². The fourth-order valence-corrected chi connectivity index (χ4v) is 2.23. The van der Waals surface area contributed by atoms with Crippen LogP contribution in [0.25, 0.3) is 0 Å². The zero-order valence-electron chi connectivity index (χ0n) is 16.2. The smallest absolute Gasteiger partial charge is 0.303 e. The SMILES string of the molecule is CC=O.O=C(O)CCCC(=O)Nc1ccc(C2=NNC(c3ccccn3)=NN2)nc1. The van der Waals surface area contributed by atoms with Crippen LogP contribution in [0.5, 0.6) is 0 Å². The molecule has 11 heteroatoms. The molecule has 11 nitrogen and oxygen atoms in total. The Labute approximate surface area is 172 Å². The zero-order chi connectivity index (χ0) is 21.8. The number of carboxylic acids is 1. The Bertz CT molecular complexity index is 928. The third-order valence-corrected chi connectivity index (χ3v) is 3.54. The van der Waals surface area contributed by atoms with E-state index in [1.54, 1.807) is 24.4 Å². The molecule has 1 aliphatic rings. The van der Waals surface area contributed by atoms with Crippen molar-refractivity contribution in [1.29, 1.82) is 0 Å². The molecule has 1 amide bonds. The molecule has 0 aliphatic carbocycles. The first-order chi connectivity index (χ1) is 14.5. The number of carbonyl (C=O) groups is 3. The number of nitrogens with one attached hydrogen (secondary N) is 3. The summed E-state index contributed by atoms with van der Waals surface area (Å²) in [5, 5.41) is 19.6. The lowest BCUT2D eigenvalue weighted by molar-refractivity contribution is -0.137. The van der Waals surface area contributed by atoms with Gasteiger partial charge in [0, 0.05) is 19.0 Å². The van der Waals surface area contributed by atoms with Gasteiger partial charge in [0.1, 0.15) is 17.7 Å². The zero-order valence-corrected chi connectivity index (χ0v) is 16.2. The maximum atomic E-state index is 11.7. The molecule has 0 unspecified atom stereocenters. The van der Waals surface area contributed by atoms with E-state index < -0.39 is 5.97 Å². The lowest BCUT2D eigenvalue weighted by atomic mass is 10.2. The van der Waals surface area contributed by atoms with Gasteiger partial charge in [-0.2, -0.15) is 10.2 Å². The van der Waals surface area contributed by atoms with Gasteiger partial charge in [-0.05, 0) is 37.6 Å². The highest BCUT2D eigenvalue weighted by Crippen LogP contribution is 2.09. The van der Waals surface area contributed by atoms with Gasteiger partial charge in [0.25, 0.3) is 0 Å². The summed E-state index contributed by atoms with van der Waals surface area (Å²) in [6, 6.07) is 8.83. The monoisotopic (exact) mass is 411 g/mol. The predicted molar refractivity (Wildman–Crippen MR) is 110 cm³/mol. The number of pyridine rings is 2. The molecule has 1 aliphatic heterocycles. The van der Waals surface area contributed by atoms with E-state index in [1.165, 1.54) is 13.1 Å². The van der Waals surface area contributed by atoms with Gasteiger partial charge >= 0.3 is 5.97 Å². The Morgan fingerprint density at radius 2 is 1.70 bits per heavy atom. The molecule has 3 heterocycles. The number of hydrogen-bond donors (Lipinski definition) is 4. The third-order valence-electron chi connectivity index (χ3n) is 3.54. The molecule has 0 saturated heterocycles. The average Bonchev–Trinajstić information content (AvgIpc) is 2.75. The van der Waals surface area contributed by atoms with Gasteiger partial charge in [-0.1, -0.05) is 6.07 Å². The van der Waals surface area contributed by atoms with Crippen molar-refractivity contribution >= 4 is 35.5 Å². The largest absolute Gasteiger partial charge is 0.481 e. The first kappa shape index (κ1) is 22.1. The molecule has 3 rings (SSSR count). The summed E-state index contributed by atoms with van der Waals surface area (Å²) in [7, 11) is 0. The Kier molecular flexibility index (Phi) is 8.59. The summed E-state index contributed by atoms with van der Waals surface area (Å²) in [5.41, 5.74) is 7.34. The summed E-state index contributed by atoms with van der Waals surface area (Å²) in [4.78, 5) is 39.4. The molecule has 2 aromatic heterocycles. The molecule has 2 aromatic rings. The summed E-state index contributed by atoms with van der Waals surface area (Å²) in [5.74, 6) is -0.263. The van der Waals surface area contributed by atoms with Crippen molar-refractivity contribution in [1.82, 2.24) is 20.8 Å². The van der Waals surface area contributed by atoms with Crippen molar-refractivity contribution in [3.63, 3.8) is 0 Å². The number of hydrogen-bond acceptors (Lipinski definition) is 9. The van der Waals surface area contributed by atoms with Crippen LogP contribution in [0, 0.1) is 0 Å². The Morgan fingerprint density at radius 3 is 2.20 bits per heavy atom. The van der Waals surface area contributed by atoms with Crippen LogP contribution in [0.1, 0.15) is 37.6 Å². The summed E-state index contributed by atoms with van der Waals surface area (Å²) in [6.45, 7) is 1.44. The van der Waals surface area contributed by atoms with Crippen molar-refractivity contribution in [3.8, 4) is 0 Å². The van der Waals surface area contributed by atoms with Crippen LogP contribution >= 0.6 is 0 Å². The lowest BCUT2D eigenvalue weighted by Gasteiger charge is -2.14. The minimum Gasteiger partial charge on any atom is -0.481 e. The molecule has 0 aromatic carbocycles. The number of hydrazone groups is 2. The number of amides is 1. The number of aldehydes is 1. The Hall–Kier alpha value is -4.15. The molecule has 4 N–H and O–H groups in total. The Balaban J connectivity index is 0.00000101. The average molecular weight is 411 g/mol. The fourth-order valence-electron chi connectivity index (χ4n) is 2.23. The van der Waals surface area contributed by atoms with Crippen molar-refractivity contribution in [3.05, 3.63) is 54.1 Å². The first-order valence-corrected chi connectivity index (χ1v) is 9.00. The van der Waals surface area contributed by atoms with Gasteiger partial charge in [-0.25, -0.2) is 0 Å². The predicted octanol–water partition coefficient (Wildman–Crippen LogP) is 1.09. The second-order valence-corrected chi connectivity index (χ2v) is 5.82. The van der Waals surface area contributed by atoms with E-state index in [0.717, 1.165) is 6.29 Å². The maximum Gasteiger partial charge on any atom is 0.303 e. The molecule has 0 fully saturated rings. The van der Waals surface area contributed by atoms with Crippen molar-refractivity contribution < 1.29 is 19.5 Å². The lowest BCUT2D eigenvalue weighted by Crippen LogP contribution is -2.35. The molecule has 0 spiro atoms. The van der Waals surface area contributed by atoms with Crippen LogP contribution in [-0.2, 0) is 14.4 Å². The van der Waals surface area contributed by atoms with E-state index in [0.29, 0.717) is 28.7 Å². The quantitative estimate of drug-likeness (QED) is 0.493.